The van der Waals surface area contributed by atoms with Crippen LogP contribution in [0.25, 0.3) is 0 Å². The number of nitrogens with one attached hydrogen (secondary N) is 2. The van der Waals surface area contributed by atoms with Gasteiger partial charge >= 0.3 is 0 Å². The van der Waals surface area contributed by atoms with Crippen molar-refractivity contribution in [3.63, 3.8) is 0 Å². The van der Waals surface area contributed by atoms with E-state index in [1.54, 1.807) is 24.7 Å². The van der Waals surface area contributed by atoms with E-state index in [0.29, 0.717) is 19.4 Å². The number of H-pyrrole nitrogens is 1. The van der Waals surface area contributed by atoms with Crippen LogP contribution in [0, 0.1) is 0 Å². The second kappa shape index (κ2) is 6.51. The third-order valence-electron chi connectivity index (χ3n) is 2.92. The largest absolute Gasteiger partial charge is 0.352 e. The van der Waals surface area contributed by atoms with E-state index in [1.807, 2.05) is 0 Å². The molecule has 0 spiro atoms. The van der Waals surface area contributed by atoms with E-state index >= 15 is 0 Å². The quantitative estimate of drug-likeness (QED) is 0.711. The molecule has 1 heterocycles. The highest BCUT2D eigenvalue weighted by molar-refractivity contribution is 7.89. The average Bonchev–Trinajstić information content (AvgIpc) is 2.95. The zero-order valence-corrected chi connectivity index (χ0v) is 12.1. The minimum absolute atomic E-state index is 0.0526. The van der Waals surface area contributed by atoms with Gasteiger partial charge in [-0.05, 0) is 24.1 Å². The number of aryl methyl sites for hydroxylation is 1. The zero-order valence-electron chi connectivity index (χ0n) is 11.2. The number of carbonyl (C=O) groups is 1. The van der Waals surface area contributed by atoms with Crippen molar-refractivity contribution in [1.29, 1.82) is 0 Å². The fourth-order valence-electron chi connectivity index (χ4n) is 1.76. The molecule has 1 amide bonds. The standard InChI is InChI=1S/C13H16N4O3S/c14-21(19,20)12-4-1-10(2-5-12)7-16-13(18)6-3-11-8-15-9-17-11/h1-2,4-5,8-9H,3,6-7H2,(H,15,17)(H,16,18)(H2,14,19,20). The molecule has 112 valence electrons. The molecule has 0 atom stereocenters. The van der Waals surface area contributed by atoms with Crippen molar-refractivity contribution < 1.29 is 13.2 Å². The zero-order chi connectivity index (χ0) is 15.3. The third-order valence-corrected chi connectivity index (χ3v) is 3.85. The van der Waals surface area contributed by atoms with Crippen molar-refractivity contribution in [3.8, 4) is 0 Å². The van der Waals surface area contributed by atoms with Gasteiger partial charge in [-0.2, -0.15) is 0 Å². The van der Waals surface area contributed by atoms with Gasteiger partial charge in [-0.25, -0.2) is 18.5 Å². The summed E-state index contributed by atoms with van der Waals surface area (Å²) in [5, 5.41) is 7.78. The van der Waals surface area contributed by atoms with Crippen LogP contribution in [0.3, 0.4) is 0 Å². The Balaban J connectivity index is 1.81. The first-order chi connectivity index (χ1) is 9.95. The number of nitrogens with zero attached hydrogens (tertiary/aromatic N) is 1. The van der Waals surface area contributed by atoms with Crippen LogP contribution in [0.1, 0.15) is 17.7 Å². The molecule has 2 rings (SSSR count). The van der Waals surface area contributed by atoms with Crippen LogP contribution >= 0.6 is 0 Å². The fourth-order valence-corrected chi connectivity index (χ4v) is 2.27. The normalized spacial score (nSPS) is 11.3. The molecule has 4 N–H and O–H groups in total. The second-order valence-corrected chi connectivity index (χ2v) is 6.10. The highest BCUT2D eigenvalue weighted by atomic mass is 32.2. The Kier molecular flexibility index (Phi) is 4.71. The van der Waals surface area contributed by atoms with Crippen molar-refractivity contribution in [2.75, 3.05) is 0 Å². The fraction of sp³-hybridized carbons (Fsp3) is 0.231. The third kappa shape index (κ3) is 4.69. The van der Waals surface area contributed by atoms with E-state index in [1.165, 1.54) is 12.1 Å². The van der Waals surface area contributed by atoms with E-state index in [9.17, 15) is 13.2 Å². The maximum Gasteiger partial charge on any atom is 0.238 e. The minimum atomic E-state index is -3.68. The Morgan fingerprint density at radius 3 is 2.57 bits per heavy atom. The lowest BCUT2D eigenvalue weighted by Crippen LogP contribution is -2.23. The summed E-state index contributed by atoms with van der Waals surface area (Å²) in [5.41, 5.74) is 1.71. The van der Waals surface area contributed by atoms with E-state index in [0.717, 1.165) is 11.3 Å². The Bertz CT molecular complexity index is 694. The van der Waals surface area contributed by atoms with Crippen LogP contribution in [-0.2, 0) is 27.8 Å². The molecule has 0 fully saturated rings. The number of aromatic nitrogens is 2. The predicted molar refractivity (Wildman–Crippen MR) is 76.6 cm³/mol. The molecule has 1 aromatic carbocycles. The minimum Gasteiger partial charge on any atom is -0.352 e. The lowest BCUT2D eigenvalue weighted by atomic mass is 10.2. The van der Waals surface area contributed by atoms with E-state index in [4.69, 9.17) is 5.14 Å². The molecule has 8 heteroatoms. The number of amides is 1. The summed E-state index contributed by atoms with van der Waals surface area (Å²) in [7, 11) is -3.68. The molecular formula is C13H16N4O3S. The summed E-state index contributed by atoms with van der Waals surface area (Å²) in [5.74, 6) is -0.0832. The maximum atomic E-state index is 11.7. The average molecular weight is 308 g/mol. The highest BCUT2D eigenvalue weighted by Gasteiger charge is 2.07. The Morgan fingerprint density at radius 1 is 1.29 bits per heavy atom. The van der Waals surface area contributed by atoms with Crippen molar-refractivity contribution >= 4 is 15.9 Å². The Labute approximate surface area is 122 Å². The molecule has 0 bridgehead atoms. The van der Waals surface area contributed by atoms with Gasteiger partial charge in [0.2, 0.25) is 15.9 Å². The Hall–Kier alpha value is -2.19. The molecule has 0 unspecified atom stereocenters. The van der Waals surface area contributed by atoms with Gasteiger partial charge in [0.25, 0.3) is 0 Å². The topological polar surface area (TPSA) is 118 Å². The van der Waals surface area contributed by atoms with E-state index in [-0.39, 0.29) is 10.8 Å². The molecule has 21 heavy (non-hydrogen) atoms. The number of carbonyl (C=O) groups excluding carboxylic acids is 1. The van der Waals surface area contributed by atoms with Gasteiger partial charge in [0, 0.05) is 24.9 Å². The highest BCUT2D eigenvalue weighted by Crippen LogP contribution is 2.08. The van der Waals surface area contributed by atoms with E-state index in [2.05, 4.69) is 15.3 Å². The number of nitrogens with two attached hydrogens (primary N) is 1. The summed E-state index contributed by atoms with van der Waals surface area (Å²) in [6.45, 7) is 0.340. The molecular weight excluding hydrogens is 292 g/mol. The number of aromatic amines is 1. The van der Waals surface area contributed by atoms with Crippen molar-refractivity contribution in [2.24, 2.45) is 5.14 Å². The molecule has 0 aliphatic heterocycles. The maximum absolute atomic E-state index is 11.7. The SMILES string of the molecule is NS(=O)(=O)c1ccc(CNC(=O)CCc2cnc[nH]2)cc1. The van der Waals surface area contributed by atoms with Crippen molar-refractivity contribution in [1.82, 2.24) is 15.3 Å². The smallest absolute Gasteiger partial charge is 0.238 e. The molecule has 0 aliphatic rings. The van der Waals surface area contributed by atoms with Gasteiger partial charge in [-0.3, -0.25) is 4.79 Å². The summed E-state index contributed by atoms with van der Waals surface area (Å²) < 4.78 is 22.2. The molecule has 0 saturated carbocycles. The Morgan fingerprint density at radius 2 is 2.00 bits per heavy atom. The first kappa shape index (κ1) is 15.2. The van der Waals surface area contributed by atoms with Crippen LogP contribution in [0.2, 0.25) is 0 Å². The number of imidazole rings is 1. The lowest BCUT2D eigenvalue weighted by Gasteiger charge is -2.05. The van der Waals surface area contributed by atoms with Crippen molar-refractivity contribution in [2.45, 2.75) is 24.3 Å². The van der Waals surface area contributed by atoms with Crippen molar-refractivity contribution in [3.05, 3.63) is 48.0 Å². The number of benzene rings is 1. The molecule has 0 radical (unpaired) electrons. The van der Waals surface area contributed by atoms with E-state index < -0.39 is 10.0 Å². The molecule has 1 aromatic heterocycles. The number of rotatable bonds is 6. The van der Waals surface area contributed by atoms with Gasteiger partial charge in [0.1, 0.15) is 0 Å². The van der Waals surface area contributed by atoms with Gasteiger partial charge in [-0.1, -0.05) is 12.1 Å². The molecule has 0 aliphatic carbocycles. The number of hydrogen-bond donors (Lipinski definition) is 3. The molecule has 2 aromatic rings. The van der Waals surface area contributed by atoms with Crippen LogP contribution in [0.15, 0.2) is 41.7 Å². The van der Waals surface area contributed by atoms with Crippen LogP contribution in [0.4, 0.5) is 0 Å². The summed E-state index contributed by atoms with van der Waals surface area (Å²) in [4.78, 5) is 18.5. The van der Waals surface area contributed by atoms with Crippen LogP contribution in [-0.4, -0.2) is 24.3 Å². The van der Waals surface area contributed by atoms with Crippen LogP contribution < -0.4 is 10.5 Å². The van der Waals surface area contributed by atoms with Gasteiger partial charge < -0.3 is 10.3 Å². The summed E-state index contributed by atoms with van der Waals surface area (Å²) in [6, 6.07) is 6.08. The molecule has 0 saturated heterocycles. The van der Waals surface area contributed by atoms with Gasteiger partial charge in [0.15, 0.2) is 0 Å². The molecule has 7 nitrogen and oxygen atoms in total. The second-order valence-electron chi connectivity index (χ2n) is 4.54. The first-order valence-corrected chi connectivity index (χ1v) is 7.85. The number of primary sulfonamides is 1. The number of sulfonamides is 1. The summed E-state index contributed by atoms with van der Waals surface area (Å²) >= 11 is 0. The lowest BCUT2D eigenvalue weighted by molar-refractivity contribution is -0.121. The monoisotopic (exact) mass is 308 g/mol. The number of hydrogen-bond acceptors (Lipinski definition) is 4. The van der Waals surface area contributed by atoms with Crippen LogP contribution in [0.5, 0.6) is 0 Å². The predicted octanol–water partition coefficient (Wildman–Crippen LogP) is 0.306. The summed E-state index contributed by atoms with van der Waals surface area (Å²) in [6.07, 6.45) is 4.20. The first-order valence-electron chi connectivity index (χ1n) is 6.31. The van der Waals surface area contributed by atoms with Gasteiger partial charge in [-0.15, -0.1) is 0 Å². The van der Waals surface area contributed by atoms with Gasteiger partial charge in [0.05, 0.1) is 11.2 Å².